The van der Waals surface area contributed by atoms with Crippen molar-refractivity contribution in [3.63, 3.8) is 0 Å². The van der Waals surface area contributed by atoms with Gasteiger partial charge in [-0.1, -0.05) is 74.5 Å². The first-order chi connectivity index (χ1) is 16.5. The number of hydrogen-bond acceptors (Lipinski definition) is 3. The monoisotopic (exact) mass is 455 g/mol. The number of benzene rings is 3. The number of nitrogens with two attached hydrogens (primary N) is 1. The van der Waals surface area contributed by atoms with Gasteiger partial charge < -0.3 is 10.8 Å². The Labute approximate surface area is 199 Å². The fourth-order valence-corrected chi connectivity index (χ4v) is 3.76. The average molecular weight is 456 g/mol. The molecule has 0 aliphatic carbocycles. The zero-order chi connectivity index (χ0) is 24.5. The van der Waals surface area contributed by atoms with Crippen LogP contribution in [0.15, 0.2) is 85.1 Å². The summed E-state index contributed by atoms with van der Waals surface area (Å²) in [7, 11) is 0. The van der Waals surface area contributed by atoms with Crippen LogP contribution in [-0.4, -0.2) is 22.1 Å². The van der Waals surface area contributed by atoms with Crippen molar-refractivity contribution < 1.29 is 14.7 Å². The summed E-state index contributed by atoms with van der Waals surface area (Å²) in [4.78, 5) is 28.9. The van der Waals surface area contributed by atoms with Crippen LogP contribution < -0.4 is 10.6 Å². The number of pyridine rings is 1. The van der Waals surface area contributed by atoms with Crippen molar-refractivity contribution in [2.75, 3.05) is 4.90 Å². The Balaban J connectivity index is 0.00000158. The van der Waals surface area contributed by atoms with Crippen molar-refractivity contribution in [1.29, 1.82) is 0 Å². The highest BCUT2D eigenvalue weighted by Gasteiger charge is 2.17. The number of primary amides is 1. The van der Waals surface area contributed by atoms with E-state index in [4.69, 9.17) is 10.8 Å². The molecule has 174 valence electrons. The average Bonchev–Trinajstić information content (AvgIpc) is 2.87. The summed E-state index contributed by atoms with van der Waals surface area (Å²) in [5.41, 5.74) is 9.45. The fraction of sp³-hybridized carbons (Fsp3) is 0.179. The summed E-state index contributed by atoms with van der Waals surface area (Å²) < 4.78 is 0. The molecule has 0 aliphatic heterocycles. The number of carboxylic acid groups (broad SMARTS) is 1. The third-order valence-electron chi connectivity index (χ3n) is 5.43. The maximum absolute atomic E-state index is 12.4. The third kappa shape index (κ3) is 5.98. The fourth-order valence-electron chi connectivity index (χ4n) is 3.76. The number of carbonyl (C=O) groups is 2. The zero-order valence-corrected chi connectivity index (χ0v) is 19.4. The van der Waals surface area contributed by atoms with Gasteiger partial charge >= 0.3 is 12.0 Å². The molecule has 0 bridgehead atoms. The molecule has 4 rings (SSSR count). The van der Waals surface area contributed by atoms with Crippen LogP contribution >= 0.6 is 0 Å². The van der Waals surface area contributed by atoms with E-state index < -0.39 is 12.0 Å². The van der Waals surface area contributed by atoms with E-state index in [1.165, 1.54) is 6.07 Å². The number of aromatic nitrogens is 1. The summed E-state index contributed by atoms with van der Waals surface area (Å²) in [6.45, 7) is 4.37. The molecule has 0 saturated carbocycles. The van der Waals surface area contributed by atoms with Gasteiger partial charge in [-0.2, -0.15) is 0 Å². The molecular weight excluding hydrogens is 426 g/mol. The van der Waals surface area contributed by atoms with E-state index in [1.54, 1.807) is 17.2 Å². The predicted molar refractivity (Wildman–Crippen MR) is 136 cm³/mol. The van der Waals surface area contributed by atoms with Crippen LogP contribution in [0.2, 0.25) is 0 Å². The lowest BCUT2D eigenvalue weighted by molar-refractivity contribution is 0.0690. The van der Waals surface area contributed by atoms with E-state index in [2.05, 4.69) is 17.1 Å². The molecule has 0 fully saturated rings. The van der Waals surface area contributed by atoms with Crippen molar-refractivity contribution in [3.8, 4) is 0 Å². The number of rotatable bonds is 7. The Kier molecular flexibility index (Phi) is 8.35. The van der Waals surface area contributed by atoms with Crippen LogP contribution in [0, 0.1) is 0 Å². The third-order valence-corrected chi connectivity index (χ3v) is 5.43. The first-order valence-electron chi connectivity index (χ1n) is 11.3. The van der Waals surface area contributed by atoms with Gasteiger partial charge in [0.25, 0.3) is 0 Å². The molecule has 4 aromatic rings. The molecule has 0 aliphatic rings. The Morgan fingerprint density at radius 1 is 0.853 bits per heavy atom. The molecule has 6 nitrogen and oxygen atoms in total. The number of amides is 2. The first-order valence-corrected chi connectivity index (χ1v) is 11.3. The molecule has 3 aromatic carbocycles. The van der Waals surface area contributed by atoms with Gasteiger partial charge in [-0.15, -0.1) is 0 Å². The van der Waals surface area contributed by atoms with Crippen molar-refractivity contribution in [1.82, 2.24) is 4.98 Å². The largest absolute Gasteiger partial charge is 0.477 e. The van der Waals surface area contributed by atoms with Gasteiger partial charge in [-0.05, 0) is 58.5 Å². The lowest BCUT2D eigenvalue weighted by atomic mass is 10.0. The quantitative estimate of drug-likeness (QED) is 0.366. The van der Waals surface area contributed by atoms with Crippen LogP contribution in [0.25, 0.3) is 10.8 Å². The van der Waals surface area contributed by atoms with Crippen molar-refractivity contribution in [2.24, 2.45) is 5.73 Å². The Bertz CT molecular complexity index is 1270. The number of carbonyl (C=O) groups excluding carboxylic acids is 1. The lowest BCUT2D eigenvalue weighted by Gasteiger charge is -2.24. The van der Waals surface area contributed by atoms with Gasteiger partial charge in [-0.3, -0.25) is 4.90 Å². The van der Waals surface area contributed by atoms with E-state index >= 15 is 0 Å². The molecule has 6 heteroatoms. The van der Waals surface area contributed by atoms with Crippen LogP contribution in [0.3, 0.4) is 0 Å². The van der Waals surface area contributed by atoms with E-state index in [1.807, 2.05) is 68.4 Å². The number of anilines is 1. The minimum atomic E-state index is -1.05. The van der Waals surface area contributed by atoms with Gasteiger partial charge in [0.15, 0.2) is 0 Å². The minimum Gasteiger partial charge on any atom is -0.477 e. The van der Waals surface area contributed by atoms with E-state index in [0.29, 0.717) is 19.4 Å². The topological polar surface area (TPSA) is 96.5 Å². The smallest absolute Gasteiger partial charge is 0.354 e. The number of para-hydroxylation sites is 1. The predicted octanol–water partition coefficient (Wildman–Crippen LogP) is 5.83. The maximum Gasteiger partial charge on any atom is 0.354 e. The van der Waals surface area contributed by atoms with E-state index in [-0.39, 0.29) is 5.69 Å². The van der Waals surface area contributed by atoms with Gasteiger partial charge in [-0.25, -0.2) is 14.6 Å². The van der Waals surface area contributed by atoms with Gasteiger partial charge in [0.2, 0.25) is 0 Å². The number of aryl methyl sites for hydroxylation is 2. The number of carboxylic acids is 1. The Morgan fingerprint density at radius 3 is 2.21 bits per heavy atom. The number of aromatic carboxylic acids is 1. The molecule has 0 radical (unpaired) electrons. The standard InChI is InChI=1S/C26H23N3O3.C2H6/c27-26(32)29(17-19-10-12-20-5-1-2-7-22(20)15-19)24-8-4-3-6-21(24)13-9-18-11-14-23(25(30)31)28-16-18;1-2/h1-8,10-12,14-16H,9,13,17H2,(H2,27,32)(H,30,31);1-2H3. The van der Waals surface area contributed by atoms with Crippen molar-refractivity contribution in [2.45, 2.75) is 33.2 Å². The normalized spacial score (nSPS) is 10.3. The summed E-state index contributed by atoms with van der Waals surface area (Å²) in [5, 5.41) is 11.3. The number of urea groups is 1. The maximum atomic E-state index is 12.4. The van der Waals surface area contributed by atoms with Crippen molar-refractivity contribution in [3.05, 3.63) is 107 Å². The number of hydrogen-bond donors (Lipinski definition) is 2. The van der Waals surface area contributed by atoms with E-state index in [0.717, 1.165) is 33.2 Å². The Morgan fingerprint density at radius 2 is 1.53 bits per heavy atom. The molecule has 2 amide bonds. The molecule has 0 spiro atoms. The minimum absolute atomic E-state index is 0.0180. The molecular formula is C28H29N3O3. The van der Waals surface area contributed by atoms with Crippen LogP contribution in [0.4, 0.5) is 10.5 Å². The van der Waals surface area contributed by atoms with Crippen molar-refractivity contribution >= 4 is 28.5 Å². The Hall–Kier alpha value is -4.19. The first kappa shape index (κ1) is 24.5. The molecule has 1 aromatic heterocycles. The number of fused-ring (bicyclic) bond motifs is 1. The molecule has 0 atom stereocenters. The van der Waals surface area contributed by atoms with Crippen LogP contribution in [-0.2, 0) is 19.4 Å². The lowest BCUT2D eigenvalue weighted by Crippen LogP contribution is -2.35. The molecule has 34 heavy (non-hydrogen) atoms. The van der Waals surface area contributed by atoms with Crippen LogP contribution in [0.1, 0.15) is 41.0 Å². The van der Waals surface area contributed by atoms with Gasteiger partial charge in [0.05, 0.1) is 6.54 Å². The molecule has 1 heterocycles. The molecule has 0 saturated heterocycles. The molecule has 3 N–H and O–H groups in total. The zero-order valence-electron chi connectivity index (χ0n) is 19.4. The highest BCUT2D eigenvalue weighted by Crippen LogP contribution is 2.25. The molecule has 0 unspecified atom stereocenters. The summed E-state index contributed by atoms with van der Waals surface area (Å²) in [6, 6.07) is 24.7. The second-order valence-corrected chi connectivity index (χ2v) is 7.59. The second kappa shape index (κ2) is 11.6. The number of nitrogens with zero attached hydrogens (tertiary/aromatic N) is 2. The van der Waals surface area contributed by atoms with Gasteiger partial charge in [0.1, 0.15) is 5.69 Å². The SMILES string of the molecule is CC.NC(=O)N(Cc1ccc2ccccc2c1)c1ccccc1CCc1ccc(C(=O)O)nc1. The summed E-state index contributed by atoms with van der Waals surface area (Å²) >= 11 is 0. The highest BCUT2D eigenvalue weighted by atomic mass is 16.4. The second-order valence-electron chi connectivity index (χ2n) is 7.59. The summed E-state index contributed by atoms with van der Waals surface area (Å²) in [6.07, 6.45) is 2.89. The summed E-state index contributed by atoms with van der Waals surface area (Å²) in [5.74, 6) is -1.05. The van der Waals surface area contributed by atoms with Gasteiger partial charge in [0, 0.05) is 11.9 Å². The highest BCUT2D eigenvalue weighted by molar-refractivity contribution is 5.92. The van der Waals surface area contributed by atoms with Crippen LogP contribution in [0.5, 0.6) is 0 Å². The van der Waals surface area contributed by atoms with E-state index in [9.17, 15) is 9.59 Å².